The van der Waals surface area contributed by atoms with Crippen molar-refractivity contribution < 1.29 is 9.13 Å². The van der Waals surface area contributed by atoms with Gasteiger partial charge in [0.2, 0.25) is 0 Å². The smallest absolute Gasteiger partial charge is 0.123 e. The van der Waals surface area contributed by atoms with Gasteiger partial charge in [0.05, 0.1) is 11.4 Å². The van der Waals surface area contributed by atoms with E-state index in [0.717, 1.165) is 23.5 Å². The molecule has 1 unspecified atom stereocenters. The van der Waals surface area contributed by atoms with Gasteiger partial charge in [-0.05, 0) is 35.4 Å². The van der Waals surface area contributed by atoms with E-state index in [-0.39, 0.29) is 16.1 Å². The van der Waals surface area contributed by atoms with E-state index in [0.29, 0.717) is 0 Å². The van der Waals surface area contributed by atoms with Crippen molar-refractivity contribution in [2.24, 2.45) is 0 Å². The number of alkyl halides is 1. The minimum atomic E-state index is -0.211. The average Bonchev–Trinajstić information content (AvgIpc) is 2.74. The van der Waals surface area contributed by atoms with Gasteiger partial charge in [-0.3, -0.25) is 0 Å². The van der Waals surface area contributed by atoms with Gasteiger partial charge >= 0.3 is 0 Å². The maximum Gasteiger partial charge on any atom is 0.123 e. The first kappa shape index (κ1) is 13.6. The molecule has 1 aliphatic rings. The van der Waals surface area contributed by atoms with Crippen LogP contribution in [0.25, 0.3) is 0 Å². The van der Waals surface area contributed by atoms with Crippen LogP contribution in [0.15, 0.2) is 42.5 Å². The molecule has 1 aliphatic heterocycles. The lowest BCUT2D eigenvalue weighted by atomic mass is 9.85. The Balaban J connectivity index is 1.97. The number of fused-ring (bicyclic) bond motifs is 1. The maximum atomic E-state index is 13.0. The Morgan fingerprint density at radius 1 is 1.10 bits per heavy atom. The predicted molar refractivity (Wildman–Crippen MR) is 82.1 cm³/mol. The van der Waals surface area contributed by atoms with Crippen LogP contribution in [0.2, 0.25) is 0 Å². The van der Waals surface area contributed by atoms with Gasteiger partial charge in [0.15, 0.2) is 0 Å². The lowest BCUT2D eigenvalue weighted by Crippen LogP contribution is -2.18. The van der Waals surface area contributed by atoms with E-state index in [1.54, 1.807) is 0 Å². The molecular weight excluding hydrogens is 319 g/mol. The number of hydrogen-bond acceptors (Lipinski definition) is 1. The first-order chi connectivity index (χ1) is 9.47. The monoisotopic (exact) mass is 334 g/mol. The minimum absolute atomic E-state index is 0.0425. The van der Waals surface area contributed by atoms with Crippen molar-refractivity contribution in [2.45, 2.75) is 24.1 Å². The van der Waals surface area contributed by atoms with E-state index in [4.69, 9.17) is 4.74 Å². The fraction of sp³-hybridized carbons (Fsp3) is 0.294. The molecule has 0 N–H and O–H groups in total. The van der Waals surface area contributed by atoms with Gasteiger partial charge in [-0.25, -0.2) is 4.39 Å². The molecule has 3 rings (SSSR count). The molecule has 1 nitrogen and oxygen atoms in total. The van der Waals surface area contributed by atoms with E-state index in [1.807, 2.05) is 18.2 Å². The van der Waals surface area contributed by atoms with E-state index >= 15 is 0 Å². The normalized spacial score (nSPS) is 17.4. The lowest BCUT2D eigenvalue weighted by molar-refractivity contribution is 0.291. The summed E-state index contributed by atoms with van der Waals surface area (Å²) >= 11 is 3.70. The van der Waals surface area contributed by atoms with Crippen molar-refractivity contribution in [1.29, 1.82) is 0 Å². The molecule has 2 aromatic carbocycles. The van der Waals surface area contributed by atoms with E-state index in [2.05, 4.69) is 41.9 Å². The highest BCUT2D eigenvalue weighted by Gasteiger charge is 2.32. The topological polar surface area (TPSA) is 9.23 Å². The highest BCUT2D eigenvalue weighted by Crippen LogP contribution is 2.41. The second-order valence-electron chi connectivity index (χ2n) is 5.84. The highest BCUT2D eigenvalue weighted by molar-refractivity contribution is 9.09. The maximum absolute atomic E-state index is 13.0. The molecule has 0 aromatic heterocycles. The molecule has 0 fully saturated rings. The number of hydrogen-bond donors (Lipinski definition) is 0. The van der Waals surface area contributed by atoms with Crippen molar-refractivity contribution in [3.8, 4) is 5.75 Å². The zero-order chi connectivity index (χ0) is 14.3. The van der Waals surface area contributed by atoms with Crippen LogP contribution < -0.4 is 4.74 Å². The number of halogens is 2. The van der Waals surface area contributed by atoms with Crippen LogP contribution in [-0.2, 0) is 5.41 Å². The summed E-state index contributed by atoms with van der Waals surface area (Å²) in [4.78, 5) is 0.0600. The molecule has 0 spiro atoms. The molecule has 0 radical (unpaired) electrons. The van der Waals surface area contributed by atoms with Gasteiger partial charge in [-0.15, -0.1) is 0 Å². The van der Waals surface area contributed by atoms with Gasteiger partial charge in [0, 0.05) is 11.0 Å². The third-order valence-electron chi connectivity index (χ3n) is 3.78. The molecule has 2 aromatic rings. The summed E-state index contributed by atoms with van der Waals surface area (Å²) in [5.41, 5.74) is 3.49. The molecule has 0 amide bonds. The molecule has 104 valence electrons. The molecule has 0 bridgehead atoms. The first-order valence-corrected chi connectivity index (χ1v) is 7.56. The van der Waals surface area contributed by atoms with Gasteiger partial charge in [-0.1, -0.05) is 48.0 Å². The summed E-state index contributed by atoms with van der Waals surface area (Å²) in [6.45, 7) is 5.09. The number of rotatable bonds is 2. The molecule has 0 saturated carbocycles. The number of ether oxygens (including phenoxy) is 1. The first-order valence-electron chi connectivity index (χ1n) is 6.64. The molecule has 1 atom stereocenters. The second kappa shape index (κ2) is 4.88. The summed E-state index contributed by atoms with van der Waals surface area (Å²) in [7, 11) is 0. The quantitative estimate of drug-likeness (QED) is 0.704. The third kappa shape index (κ3) is 2.35. The van der Waals surface area contributed by atoms with Crippen molar-refractivity contribution in [2.75, 3.05) is 6.61 Å². The minimum Gasteiger partial charge on any atom is -0.492 e. The zero-order valence-electron chi connectivity index (χ0n) is 11.5. The Kier molecular flexibility index (Phi) is 3.33. The Bertz CT molecular complexity index is 634. The van der Waals surface area contributed by atoms with Crippen LogP contribution in [0, 0.1) is 5.82 Å². The van der Waals surface area contributed by atoms with Crippen LogP contribution in [0.4, 0.5) is 4.39 Å². The van der Waals surface area contributed by atoms with Crippen LogP contribution in [0.3, 0.4) is 0 Å². The second-order valence-corrected chi connectivity index (χ2v) is 6.76. The van der Waals surface area contributed by atoms with Crippen LogP contribution in [0.1, 0.15) is 35.4 Å². The van der Waals surface area contributed by atoms with E-state index in [1.165, 1.54) is 17.7 Å². The zero-order valence-corrected chi connectivity index (χ0v) is 13.1. The Morgan fingerprint density at radius 3 is 2.45 bits per heavy atom. The van der Waals surface area contributed by atoms with Crippen molar-refractivity contribution in [3.05, 3.63) is 65.0 Å². The Morgan fingerprint density at radius 2 is 1.75 bits per heavy atom. The van der Waals surface area contributed by atoms with Gasteiger partial charge in [0.25, 0.3) is 0 Å². The predicted octanol–water partition coefficient (Wildman–Crippen LogP) is 4.98. The number of benzene rings is 2. The van der Waals surface area contributed by atoms with Crippen LogP contribution in [-0.4, -0.2) is 6.61 Å². The average molecular weight is 335 g/mol. The molecular formula is C17H16BrFO. The third-order valence-corrected chi connectivity index (χ3v) is 4.83. The lowest BCUT2D eigenvalue weighted by Gasteiger charge is -2.17. The fourth-order valence-corrected chi connectivity index (χ4v) is 3.11. The summed E-state index contributed by atoms with van der Waals surface area (Å²) in [5, 5.41) is 0. The van der Waals surface area contributed by atoms with E-state index in [9.17, 15) is 4.39 Å². The summed E-state index contributed by atoms with van der Waals surface area (Å²) < 4.78 is 18.7. The van der Waals surface area contributed by atoms with Crippen molar-refractivity contribution in [1.82, 2.24) is 0 Å². The van der Waals surface area contributed by atoms with Gasteiger partial charge < -0.3 is 4.74 Å². The van der Waals surface area contributed by atoms with E-state index < -0.39 is 0 Å². The SMILES string of the molecule is CC1(C)COc2ccc(C(Br)c3ccc(F)cc3)cc21. The molecule has 0 saturated heterocycles. The van der Waals surface area contributed by atoms with Crippen molar-refractivity contribution >= 4 is 15.9 Å². The molecule has 20 heavy (non-hydrogen) atoms. The molecule has 1 heterocycles. The highest BCUT2D eigenvalue weighted by atomic mass is 79.9. The summed E-state index contributed by atoms with van der Waals surface area (Å²) in [5.74, 6) is 0.759. The summed E-state index contributed by atoms with van der Waals surface area (Å²) in [6.07, 6.45) is 0. The van der Waals surface area contributed by atoms with Gasteiger partial charge in [-0.2, -0.15) is 0 Å². The van der Waals surface area contributed by atoms with Crippen molar-refractivity contribution in [3.63, 3.8) is 0 Å². The van der Waals surface area contributed by atoms with Crippen LogP contribution in [0.5, 0.6) is 5.75 Å². The standard InChI is InChI=1S/C17H16BrFO/c1-17(2)10-20-15-8-5-12(9-14(15)17)16(18)11-3-6-13(19)7-4-11/h3-9,16H,10H2,1-2H3. The Labute approximate surface area is 126 Å². The Hall–Kier alpha value is -1.35. The largest absolute Gasteiger partial charge is 0.492 e. The van der Waals surface area contributed by atoms with Gasteiger partial charge in [0.1, 0.15) is 11.6 Å². The van der Waals surface area contributed by atoms with Crippen LogP contribution >= 0.6 is 15.9 Å². The molecule has 0 aliphatic carbocycles. The molecule has 3 heteroatoms. The fourth-order valence-electron chi connectivity index (χ4n) is 2.52. The summed E-state index contributed by atoms with van der Waals surface area (Å²) in [6, 6.07) is 12.9.